The fourth-order valence-corrected chi connectivity index (χ4v) is 4.15. The lowest BCUT2D eigenvalue weighted by Gasteiger charge is -2.12. The third kappa shape index (κ3) is 6.21. The summed E-state index contributed by atoms with van der Waals surface area (Å²) in [6.45, 7) is 2.52. The Morgan fingerprint density at radius 1 is 0.879 bits per heavy atom. The van der Waals surface area contributed by atoms with Crippen molar-refractivity contribution in [2.45, 2.75) is 11.8 Å². The van der Waals surface area contributed by atoms with Crippen molar-refractivity contribution in [3.05, 3.63) is 95.6 Å². The van der Waals surface area contributed by atoms with Gasteiger partial charge in [-0.25, -0.2) is 17.9 Å². The second-order valence-electron chi connectivity index (χ2n) is 6.99. The molecular formula is C25H25NO6S. The van der Waals surface area contributed by atoms with Crippen molar-refractivity contribution < 1.29 is 27.8 Å². The zero-order chi connectivity index (χ0) is 23.8. The molecule has 0 amide bonds. The first-order valence-corrected chi connectivity index (χ1v) is 11.7. The number of carbonyl (C=O) groups is 1. The maximum absolute atomic E-state index is 12.6. The van der Waals surface area contributed by atoms with Gasteiger partial charge in [0.1, 0.15) is 11.5 Å². The highest BCUT2D eigenvalue weighted by molar-refractivity contribution is 7.89. The summed E-state index contributed by atoms with van der Waals surface area (Å²) in [6, 6.07) is 20.1. The van der Waals surface area contributed by atoms with Crippen LogP contribution in [-0.4, -0.2) is 39.8 Å². The summed E-state index contributed by atoms with van der Waals surface area (Å²) in [5, 5.41) is 8.99. The Morgan fingerprint density at radius 3 is 1.88 bits per heavy atom. The van der Waals surface area contributed by atoms with Crippen LogP contribution < -0.4 is 14.2 Å². The van der Waals surface area contributed by atoms with Crippen LogP contribution >= 0.6 is 0 Å². The summed E-state index contributed by atoms with van der Waals surface area (Å²) >= 11 is 0. The molecule has 172 valence electrons. The van der Waals surface area contributed by atoms with Crippen molar-refractivity contribution in [3.8, 4) is 11.5 Å². The molecule has 3 aromatic carbocycles. The standard InChI is InChI=1S/C25H25NO6S/c1-3-32-22-12-6-19(7-13-22)24(18-4-10-21(31-2)11-5-18)16-17-26-33(29,30)23-14-8-20(9-15-23)25(27)28/h4-16,26H,3,17H2,1-2H3,(H,27,28). The van der Waals surface area contributed by atoms with E-state index in [0.717, 1.165) is 28.2 Å². The van der Waals surface area contributed by atoms with Crippen molar-refractivity contribution in [1.29, 1.82) is 0 Å². The minimum atomic E-state index is -3.82. The average Bonchev–Trinajstić information content (AvgIpc) is 2.83. The Labute approximate surface area is 193 Å². The van der Waals surface area contributed by atoms with Crippen molar-refractivity contribution in [2.75, 3.05) is 20.3 Å². The van der Waals surface area contributed by atoms with Gasteiger partial charge in [0.05, 0.1) is 24.2 Å². The van der Waals surface area contributed by atoms with Crippen molar-refractivity contribution in [1.82, 2.24) is 4.72 Å². The van der Waals surface area contributed by atoms with Crippen LogP contribution in [0.15, 0.2) is 83.8 Å². The van der Waals surface area contributed by atoms with Crippen LogP contribution in [0.2, 0.25) is 0 Å². The Kier molecular flexibility index (Phi) is 7.87. The number of carboxylic acids is 1. The molecule has 0 bridgehead atoms. The zero-order valence-electron chi connectivity index (χ0n) is 18.3. The molecule has 0 unspecified atom stereocenters. The number of rotatable bonds is 10. The van der Waals surface area contributed by atoms with Gasteiger partial charge in [-0.15, -0.1) is 0 Å². The highest BCUT2D eigenvalue weighted by atomic mass is 32.2. The van der Waals surface area contributed by atoms with E-state index in [2.05, 4.69) is 4.72 Å². The maximum Gasteiger partial charge on any atom is 0.335 e. The summed E-state index contributed by atoms with van der Waals surface area (Å²) < 4.78 is 38.6. The van der Waals surface area contributed by atoms with Gasteiger partial charge in [0.15, 0.2) is 0 Å². The zero-order valence-corrected chi connectivity index (χ0v) is 19.1. The molecule has 3 aromatic rings. The molecule has 2 N–H and O–H groups in total. The number of aromatic carboxylic acids is 1. The number of sulfonamides is 1. The molecule has 3 rings (SSSR count). The van der Waals surface area contributed by atoms with Crippen LogP contribution in [0.1, 0.15) is 28.4 Å². The summed E-state index contributed by atoms with van der Waals surface area (Å²) in [5.41, 5.74) is 2.65. The van der Waals surface area contributed by atoms with E-state index >= 15 is 0 Å². The Bertz CT molecular complexity index is 1220. The predicted molar refractivity (Wildman–Crippen MR) is 126 cm³/mol. The average molecular weight is 468 g/mol. The van der Waals surface area contributed by atoms with Gasteiger partial charge in [0.2, 0.25) is 10.0 Å². The van der Waals surface area contributed by atoms with Crippen molar-refractivity contribution in [2.24, 2.45) is 0 Å². The molecule has 0 heterocycles. The van der Waals surface area contributed by atoms with Crippen LogP contribution in [0.5, 0.6) is 11.5 Å². The van der Waals surface area contributed by atoms with E-state index in [1.54, 1.807) is 13.2 Å². The van der Waals surface area contributed by atoms with Gasteiger partial charge in [0, 0.05) is 6.54 Å². The van der Waals surface area contributed by atoms with Gasteiger partial charge >= 0.3 is 5.97 Å². The van der Waals surface area contributed by atoms with E-state index in [1.807, 2.05) is 55.5 Å². The van der Waals surface area contributed by atoms with E-state index < -0.39 is 16.0 Å². The molecule has 0 aliphatic rings. The topological polar surface area (TPSA) is 102 Å². The minimum Gasteiger partial charge on any atom is -0.497 e. The number of benzene rings is 3. The molecule has 0 saturated carbocycles. The molecule has 0 aliphatic carbocycles. The molecule has 8 heteroatoms. The number of ether oxygens (including phenoxy) is 2. The van der Waals surface area contributed by atoms with E-state index in [4.69, 9.17) is 14.6 Å². The lowest BCUT2D eigenvalue weighted by molar-refractivity contribution is 0.0696. The molecule has 0 aromatic heterocycles. The maximum atomic E-state index is 12.6. The van der Waals surface area contributed by atoms with Gasteiger partial charge in [-0.05, 0) is 72.2 Å². The van der Waals surface area contributed by atoms with Gasteiger partial charge in [-0.3, -0.25) is 0 Å². The monoisotopic (exact) mass is 467 g/mol. The summed E-state index contributed by atoms with van der Waals surface area (Å²) in [5.74, 6) is 0.352. The molecule has 0 fully saturated rings. The number of nitrogens with one attached hydrogen (secondary N) is 1. The second kappa shape index (κ2) is 10.8. The van der Waals surface area contributed by atoms with Crippen molar-refractivity contribution >= 4 is 21.6 Å². The molecule has 0 atom stereocenters. The minimum absolute atomic E-state index is 0.00651. The molecular weight excluding hydrogens is 442 g/mol. The first kappa shape index (κ1) is 24.0. The number of hydrogen-bond donors (Lipinski definition) is 2. The van der Waals surface area contributed by atoms with Crippen LogP contribution in [0, 0.1) is 0 Å². The van der Waals surface area contributed by atoms with Gasteiger partial charge in [-0.2, -0.15) is 0 Å². The normalized spacial score (nSPS) is 11.8. The summed E-state index contributed by atoms with van der Waals surface area (Å²) in [6.07, 6.45) is 1.79. The first-order valence-electron chi connectivity index (χ1n) is 10.2. The van der Waals surface area contributed by atoms with Crippen LogP contribution in [0.4, 0.5) is 0 Å². The smallest absolute Gasteiger partial charge is 0.335 e. The molecule has 0 spiro atoms. The fourth-order valence-electron chi connectivity index (χ4n) is 3.18. The third-order valence-electron chi connectivity index (χ3n) is 4.87. The SMILES string of the molecule is CCOc1ccc(C(=CCNS(=O)(=O)c2ccc(C(=O)O)cc2)c2ccc(OC)cc2)cc1. The van der Waals surface area contributed by atoms with Gasteiger partial charge in [-0.1, -0.05) is 30.3 Å². The first-order chi connectivity index (χ1) is 15.8. The van der Waals surface area contributed by atoms with Crippen LogP contribution in [0.25, 0.3) is 5.57 Å². The Hall–Kier alpha value is -3.62. The molecule has 0 radical (unpaired) electrons. The largest absolute Gasteiger partial charge is 0.497 e. The molecule has 0 saturated heterocycles. The molecule has 0 aliphatic heterocycles. The quantitative estimate of drug-likeness (QED) is 0.463. The Morgan fingerprint density at radius 2 is 1.39 bits per heavy atom. The van der Waals surface area contributed by atoms with Crippen molar-refractivity contribution in [3.63, 3.8) is 0 Å². The van der Waals surface area contributed by atoms with E-state index in [9.17, 15) is 13.2 Å². The molecule has 7 nitrogen and oxygen atoms in total. The summed E-state index contributed by atoms with van der Waals surface area (Å²) in [7, 11) is -2.22. The number of hydrogen-bond acceptors (Lipinski definition) is 5. The number of carboxylic acid groups (broad SMARTS) is 1. The fraction of sp³-hybridized carbons (Fsp3) is 0.160. The van der Waals surface area contributed by atoms with E-state index in [-0.39, 0.29) is 17.0 Å². The van der Waals surface area contributed by atoms with E-state index in [0.29, 0.717) is 6.61 Å². The highest BCUT2D eigenvalue weighted by Gasteiger charge is 2.14. The lowest BCUT2D eigenvalue weighted by atomic mass is 9.97. The van der Waals surface area contributed by atoms with Gasteiger partial charge in [0.25, 0.3) is 0 Å². The summed E-state index contributed by atoms with van der Waals surface area (Å²) in [4.78, 5) is 11.0. The third-order valence-corrected chi connectivity index (χ3v) is 6.31. The van der Waals surface area contributed by atoms with Crippen LogP contribution in [-0.2, 0) is 10.0 Å². The van der Waals surface area contributed by atoms with Crippen LogP contribution in [0.3, 0.4) is 0 Å². The number of methoxy groups -OCH3 is 1. The lowest BCUT2D eigenvalue weighted by Crippen LogP contribution is -2.24. The second-order valence-corrected chi connectivity index (χ2v) is 8.75. The molecule has 33 heavy (non-hydrogen) atoms. The van der Waals surface area contributed by atoms with E-state index in [1.165, 1.54) is 24.3 Å². The highest BCUT2D eigenvalue weighted by Crippen LogP contribution is 2.27. The predicted octanol–water partition coefficient (Wildman–Crippen LogP) is 4.20. The Balaban J connectivity index is 1.86. The van der Waals surface area contributed by atoms with Gasteiger partial charge < -0.3 is 14.6 Å².